The second-order valence-electron chi connectivity index (χ2n) is 4.72. The van der Waals surface area contributed by atoms with Crippen molar-refractivity contribution in [1.29, 1.82) is 0 Å². The average molecular weight is 204 g/mol. The Balaban J connectivity index is 1.76. The maximum atomic E-state index is 9.39. The highest BCUT2D eigenvalue weighted by Crippen LogP contribution is 2.46. The molecule has 1 aromatic rings. The van der Waals surface area contributed by atoms with Crippen molar-refractivity contribution in [2.75, 3.05) is 18.0 Å². The molecule has 80 valence electrons. The Morgan fingerprint density at radius 2 is 1.93 bits per heavy atom. The Morgan fingerprint density at radius 1 is 1.20 bits per heavy atom. The van der Waals surface area contributed by atoms with E-state index in [-0.39, 0.29) is 5.75 Å². The lowest BCUT2D eigenvalue weighted by Gasteiger charge is -2.22. The summed E-state index contributed by atoms with van der Waals surface area (Å²) < 4.78 is 0. The van der Waals surface area contributed by atoms with E-state index >= 15 is 0 Å². The molecule has 1 aliphatic carbocycles. The molecule has 2 unspecified atom stereocenters. The summed E-state index contributed by atoms with van der Waals surface area (Å²) in [4.78, 5) is 6.37. The van der Waals surface area contributed by atoms with Gasteiger partial charge in [0.05, 0.1) is 18.1 Å². The number of rotatable bonds is 1. The third-order valence-corrected chi connectivity index (χ3v) is 3.68. The number of hydrogen-bond donors (Lipinski definition) is 1. The third-order valence-electron chi connectivity index (χ3n) is 3.68. The standard InChI is InChI=1S/C12H16N2O/c15-12-6-11(7-13-8-12)14-3-1-9-5-10(9)2-4-14/h6-10,15H,1-5H2. The van der Waals surface area contributed by atoms with E-state index in [9.17, 15) is 5.11 Å². The SMILES string of the molecule is Oc1cncc(N2CCC3CC3CC2)c1. The van der Waals surface area contributed by atoms with Crippen molar-refractivity contribution in [3.63, 3.8) is 0 Å². The van der Waals surface area contributed by atoms with Crippen LogP contribution in [0.4, 0.5) is 5.69 Å². The predicted octanol–water partition coefficient (Wildman–Crippen LogP) is 2.02. The van der Waals surface area contributed by atoms with Gasteiger partial charge in [0.2, 0.25) is 0 Å². The number of pyridine rings is 1. The van der Waals surface area contributed by atoms with Crippen LogP contribution in [-0.2, 0) is 0 Å². The zero-order valence-corrected chi connectivity index (χ0v) is 8.76. The van der Waals surface area contributed by atoms with E-state index in [1.807, 2.05) is 12.3 Å². The van der Waals surface area contributed by atoms with E-state index in [4.69, 9.17) is 0 Å². The highest BCUT2D eigenvalue weighted by Gasteiger charge is 2.38. The maximum absolute atomic E-state index is 9.39. The molecule has 0 amide bonds. The predicted molar refractivity (Wildman–Crippen MR) is 58.9 cm³/mol. The van der Waals surface area contributed by atoms with Crippen molar-refractivity contribution in [2.24, 2.45) is 11.8 Å². The van der Waals surface area contributed by atoms with Gasteiger partial charge >= 0.3 is 0 Å². The summed E-state index contributed by atoms with van der Waals surface area (Å²) in [5.74, 6) is 2.24. The molecule has 15 heavy (non-hydrogen) atoms. The van der Waals surface area contributed by atoms with Crippen LogP contribution in [0.2, 0.25) is 0 Å². The number of aromatic nitrogens is 1. The summed E-state index contributed by atoms with van der Waals surface area (Å²) in [6.07, 6.45) is 7.39. The molecular weight excluding hydrogens is 188 g/mol. The first kappa shape index (κ1) is 9.01. The molecule has 0 spiro atoms. The second kappa shape index (κ2) is 3.40. The first-order chi connectivity index (χ1) is 7.33. The molecule has 0 aromatic carbocycles. The van der Waals surface area contributed by atoms with Gasteiger partial charge in [-0.05, 0) is 31.1 Å². The first-order valence-electron chi connectivity index (χ1n) is 5.72. The summed E-state index contributed by atoms with van der Waals surface area (Å²) >= 11 is 0. The highest BCUT2D eigenvalue weighted by molar-refractivity contribution is 5.47. The first-order valence-corrected chi connectivity index (χ1v) is 5.72. The molecule has 1 aromatic heterocycles. The van der Waals surface area contributed by atoms with Gasteiger partial charge in [0.15, 0.2) is 0 Å². The van der Waals surface area contributed by atoms with Gasteiger partial charge in [-0.25, -0.2) is 0 Å². The second-order valence-corrected chi connectivity index (χ2v) is 4.72. The van der Waals surface area contributed by atoms with Crippen molar-refractivity contribution in [1.82, 2.24) is 4.98 Å². The summed E-state index contributed by atoms with van der Waals surface area (Å²) in [6, 6.07) is 1.81. The lowest BCUT2D eigenvalue weighted by Crippen LogP contribution is -2.24. The van der Waals surface area contributed by atoms with Crippen LogP contribution in [0.1, 0.15) is 19.3 Å². The Bertz CT molecular complexity index is 354. The monoisotopic (exact) mass is 204 g/mol. The fourth-order valence-electron chi connectivity index (χ4n) is 2.62. The fraction of sp³-hybridized carbons (Fsp3) is 0.583. The molecule has 2 atom stereocenters. The van der Waals surface area contributed by atoms with Gasteiger partial charge in [-0.1, -0.05) is 0 Å². The summed E-state index contributed by atoms with van der Waals surface area (Å²) in [7, 11) is 0. The molecule has 2 heterocycles. The van der Waals surface area contributed by atoms with Crippen LogP contribution in [0.5, 0.6) is 5.75 Å². The largest absolute Gasteiger partial charge is 0.506 e. The number of hydrogen-bond acceptors (Lipinski definition) is 3. The van der Waals surface area contributed by atoms with Gasteiger partial charge < -0.3 is 10.0 Å². The average Bonchev–Trinajstić information content (AvgIpc) is 2.94. The molecule has 0 radical (unpaired) electrons. The van der Waals surface area contributed by atoms with Crippen molar-refractivity contribution in [3.8, 4) is 5.75 Å². The van der Waals surface area contributed by atoms with Crippen LogP contribution < -0.4 is 4.90 Å². The molecule has 2 aliphatic rings. The number of fused-ring (bicyclic) bond motifs is 1. The Kier molecular flexibility index (Phi) is 2.04. The molecule has 3 nitrogen and oxygen atoms in total. The van der Waals surface area contributed by atoms with Crippen LogP contribution in [-0.4, -0.2) is 23.2 Å². The number of nitrogens with zero attached hydrogens (tertiary/aromatic N) is 2. The van der Waals surface area contributed by atoms with Crippen LogP contribution in [0.3, 0.4) is 0 Å². The van der Waals surface area contributed by atoms with E-state index in [2.05, 4.69) is 9.88 Å². The van der Waals surface area contributed by atoms with Crippen LogP contribution in [0.15, 0.2) is 18.5 Å². The van der Waals surface area contributed by atoms with E-state index < -0.39 is 0 Å². The van der Waals surface area contributed by atoms with Gasteiger partial charge in [-0.15, -0.1) is 0 Å². The van der Waals surface area contributed by atoms with Crippen LogP contribution in [0, 0.1) is 11.8 Å². The minimum absolute atomic E-state index is 0.266. The third kappa shape index (κ3) is 1.78. The molecule has 1 N–H and O–H groups in total. The lowest BCUT2D eigenvalue weighted by molar-refractivity contribution is 0.472. The molecular formula is C12H16N2O. The van der Waals surface area contributed by atoms with Gasteiger partial charge in [0.25, 0.3) is 0 Å². The molecule has 0 bridgehead atoms. The highest BCUT2D eigenvalue weighted by atomic mass is 16.3. The van der Waals surface area contributed by atoms with Gasteiger partial charge in [0.1, 0.15) is 5.75 Å². The Morgan fingerprint density at radius 3 is 2.60 bits per heavy atom. The fourth-order valence-corrected chi connectivity index (χ4v) is 2.62. The van der Waals surface area contributed by atoms with Gasteiger partial charge in [-0.3, -0.25) is 4.98 Å². The van der Waals surface area contributed by atoms with Crippen molar-refractivity contribution >= 4 is 5.69 Å². The molecule has 1 aliphatic heterocycles. The zero-order chi connectivity index (χ0) is 10.3. The minimum atomic E-state index is 0.266. The zero-order valence-electron chi connectivity index (χ0n) is 8.76. The van der Waals surface area contributed by atoms with E-state index in [0.29, 0.717) is 0 Å². The molecule has 3 heteroatoms. The van der Waals surface area contributed by atoms with Crippen LogP contribution in [0.25, 0.3) is 0 Å². The molecule has 1 saturated carbocycles. The Hall–Kier alpha value is -1.25. The summed E-state index contributed by atoms with van der Waals surface area (Å²) in [6.45, 7) is 2.23. The quantitative estimate of drug-likeness (QED) is 0.760. The van der Waals surface area contributed by atoms with Crippen molar-refractivity contribution < 1.29 is 5.11 Å². The molecule has 1 saturated heterocycles. The molecule has 2 fully saturated rings. The van der Waals surface area contributed by atoms with E-state index in [1.165, 1.54) is 25.5 Å². The molecule has 3 rings (SSSR count). The Labute approximate surface area is 89.7 Å². The van der Waals surface area contributed by atoms with Gasteiger partial charge in [-0.2, -0.15) is 0 Å². The van der Waals surface area contributed by atoms with E-state index in [1.54, 1.807) is 0 Å². The summed E-state index contributed by atoms with van der Waals surface area (Å²) in [5.41, 5.74) is 1.07. The normalized spacial score (nSPS) is 29.5. The van der Waals surface area contributed by atoms with E-state index in [0.717, 1.165) is 30.6 Å². The number of aromatic hydroxyl groups is 1. The minimum Gasteiger partial charge on any atom is -0.506 e. The number of anilines is 1. The van der Waals surface area contributed by atoms with Crippen LogP contribution >= 0.6 is 0 Å². The van der Waals surface area contributed by atoms with Crippen molar-refractivity contribution in [3.05, 3.63) is 18.5 Å². The lowest BCUT2D eigenvalue weighted by atomic mass is 10.2. The maximum Gasteiger partial charge on any atom is 0.135 e. The topological polar surface area (TPSA) is 36.4 Å². The smallest absolute Gasteiger partial charge is 0.135 e. The summed E-state index contributed by atoms with van der Waals surface area (Å²) in [5, 5.41) is 9.39. The van der Waals surface area contributed by atoms with Gasteiger partial charge in [0, 0.05) is 19.2 Å². The van der Waals surface area contributed by atoms with Crippen molar-refractivity contribution in [2.45, 2.75) is 19.3 Å².